The summed E-state index contributed by atoms with van der Waals surface area (Å²) in [5.74, 6) is 0.760. The van der Waals surface area contributed by atoms with E-state index in [9.17, 15) is 4.39 Å². The number of hydrogen-bond donors (Lipinski definition) is 1. The molecule has 0 fully saturated rings. The lowest BCUT2D eigenvalue weighted by Crippen LogP contribution is -2.19. The van der Waals surface area contributed by atoms with Crippen molar-refractivity contribution in [2.75, 3.05) is 6.54 Å². The molecule has 108 valence electrons. The lowest BCUT2D eigenvalue weighted by atomic mass is 9.84. The van der Waals surface area contributed by atoms with Crippen LogP contribution >= 0.6 is 0 Å². The summed E-state index contributed by atoms with van der Waals surface area (Å²) in [4.78, 5) is 4.39. The fourth-order valence-corrected chi connectivity index (χ4v) is 2.13. The van der Waals surface area contributed by atoms with Crippen LogP contribution in [-0.4, -0.2) is 16.7 Å². The summed E-state index contributed by atoms with van der Waals surface area (Å²) in [6.07, 6.45) is 0.870. The van der Waals surface area contributed by atoms with Crippen LogP contribution in [0.2, 0.25) is 0 Å². The molecule has 0 aliphatic heterocycles. The van der Waals surface area contributed by atoms with E-state index in [0.717, 1.165) is 12.0 Å². The molecule has 1 atom stereocenters. The highest BCUT2D eigenvalue weighted by Crippen LogP contribution is 2.30. The fourth-order valence-electron chi connectivity index (χ4n) is 2.13. The maximum atomic E-state index is 12.9. The Morgan fingerprint density at radius 3 is 2.45 bits per heavy atom. The van der Waals surface area contributed by atoms with Crippen molar-refractivity contribution in [3.05, 3.63) is 36.0 Å². The molecule has 1 heterocycles. The number of aromatic nitrogens is 2. The molecule has 1 aromatic carbocycles. The largest absolute Gasteiger partial charge is 0.339 e. The average molecular weight is 277 g/mol. The number of rotatable bonds is 4. The minimum atomic E-state index is -0.287. The second-order valence-electron chi connectivity index (χ2n) is 6.16. The van der Waals surface area contributed by atoms with Crippen molar-refractivity contribution in [2.24, 2.45) is 11.1 Å². The third kappa shape index (κ3) is 3.63. The lowest BCUT2D eigenvalue weighted by Gasteiger charge is -2.22. The van der Waals surface area contributed by atoms with Crippen molar-refractivity contribution in [3.63, 3.8) is 0 Å². The van der Waals surface area contributed by atoms with Gasteiger partial charge in [-0.3, -0.25) is 0 Å². The van der Waals surface area contributed by atoms with Gasteiger partial charge in [0, 0.05) is 12.1 Å². The first-order chi connectivity index (χ1) is 9.39. The Morgan fingerprint density at radius 2 is 1.90 bits per heavy atom. The zero-order chi connectivity index (χ0) is 14.8. The molecule has 0 saturated carbocycles. The first-order valence-corrected chi connectivity index (χ1v) is 6.68. The minimum absolute atomic E-state index is 0.0386. The van der Waals surface area contributed by atoms with Gasteiger partial charge in [0.05, 0.1) is 5.92 Å². The van der Waals surface area contributed by atoms with Crippen molar-refractivity contribution in [1.29, 1.82) is 0 Å². The van der Waals surface area contributed by atoms with Crippen LogP contribution in [0.1, 0.15) is 39.0 Å². The van der Waals surface area contributed by atoms with Gasteiger partial charge in [0.15, 0.2) is 0 Å². The molecular weight excluding hydrogens is 257 g/mol. The maximum Gasteiger partial charge on any atom is 0.231 e. The molecule has 2 rings (SSSR count). The summed E-state index contributed by atoms with van der Waals surface area (Å²) in [6, 6.07) is 6.01. The monoisotopic (exact) mass is 277 g/mol. The summed E-state index contributed by atoms with van der Waals surface area (Å²) in [6.45, 7) is 6.90. The predicted molar refractivity (Wildman–Crippen MR) is 75.6 cm³/mol. The van der Waals surface area contributed by atoms with Gasteiger partial charge in [-0.25, -0.2) is 4.39 Å². The average Bonchev–Trinajstić information content (AvgIpc) is 2.85. The van der Waals surface area contributed by atoms with E-state index >= 15 is 0 Å². The Labute approximate surface area is 118 Å². The highest BCUT2D eigenvalue weighted by molar-refractivity contribution is 5.53. The molecule has 0 amide bonds. The van der Waals surface area contributed by atoms with E-state index in [-0.39, 0.29) is 17.2 Å². The Kier molecular flexibility index (Phi) is 4.18. The van der Waals surface area contributed by atoms with Crippen LogP contribution in [0.5, 0.6) is 0 Å². The summed E-state index contributed by atoms with van der Waals surface area (Å²) in [7, 11) is 0. The van der Waals surface area contributed by atoms with Gasteiger partial charge in [-0.15, -0.1) is 0 Å². The molecule has 1 aromatic heterocycles. The van der Waals surface area contributed by atoms with Crippen LogP contribution in [0, 0.1) is 11.2 Å². The number of nitrogens with zero attached hydrogens (tertiary/aromatic N) is 2. The van der Waals surface area contributed by atoms with Crippen molar-refractivity contribution >= 4 is 0 Å². The van der Waals surface area contributed by atoms with Crippen LogP contribution in [0.15, 0.2) is 28.8 Å². The SMILES string of the molecule is CC(C)(C)CC(CN)c1nc(-c2ccc(F)cc2)no1. The second-order valence-corrected chi connectivity index (χ2v) is 6.16. The van der Waals surface area contributed by atoms with Crippen LogP contribution in [0.25, 0.3) is 11.4 Å². The van der Waals surface area contributed by atoms with E-state index in [1.807, 2.05) is 0 Å². The smallest absolute Gasteiger partial charge is 0.231 e. The third-order valence-electron chi connectivity index (χ3n) is 3.04. The number of benzene rings is 1. The molecule has 0 radical (unpaired) electrons. The highest BCUT2D eigenvalue weighted by Gasteiger charge is 2.24. The van der Waals surface area contributed by atoms with Crippen molar-refractivity contribution in [1.82, 2.24) is 10.1 Å². The zero-order valence-corrected chi connectivity index (χ0v) is 12.1. The van der Waals surface area contributed by atoms with Crippen LogP contribution in [0.4, 0.5) is 4.39 Å². The number of halogens is 1. The van der Waals surface area contributed by atoms with E-state index in [4.69, 9.17) is 10.3 Å². The van der Waals surface area contributed by atoms with Crippen LogP contribution in [0.3, 0.4) is 0 Å². The molecule has 20 heavy (non-hydrogen) atoms. The summed E-state index contributed by atoms with van der Waals surface area (Å²) < 4.78 is 18.2. The molecule has 0 aliphatic carbocycles. The standard InChI is InChI=1S/C15H20FN3O/c1-15(2,3)8-11(9-17)14-18-13(19-20-14)10-4-6-12(16)7-5-10/h4-7,11H,8-9,17H2,1-3H3. The molecule has 2 N–H and O–H groups in total. The molecule has 0 aliphatic rings. The number of nitrogens with two attached hydrogens (primary N) is 1. The molecule has 0 bridgehead atoms. The molecule has 2 aromatic rings. The normalized spacial score (nSPS) is 13.4. The van der Waals surface area contributed by atoms with Crippen molar-refractivity contribution in [3.8, 4) is 11.4 Å². The van der Waals surface area contributed by atoms with E-state index in [1.54, 1.807) is 12.1 Å². The first kappa shape index (κ1) is 14.7. The Hall–Kier alpha value is -1.75. The molecule has 1 unspecified atom stereocenters. The molecule has 0 spiro atoms. The minimum Gasteiger partial charge on any atom is -0.339 e. The van der Waals surface area contributed by atoms with Crippen LogP contribution in [-0.2, 0) is 0 Å². The van der Waals surface area contributed by atoms with E-state index in [0.29, 0.717) is 18.3 Å². The van der Waals surface area contributed by atoms with Gasteiger partial charge in [0.1, 0.15) is 5.82 Å². The topological polar surface area (TPSA) is 64.9 Å². The van der Waals surface area contributed by atoms with Gasteiger partial charge >= 0.3 is 0 Å². The highest BCUT2D eigenvalue weighted by atomic mass is 19.1. The van der Waals surface area contributed by atoms with Gasteiger partial charge in [-0.2, -0.15) is 4.98 Å². The zero-order valence-electron chi connectivity index (χ0n) is 12.1. The van der Waals surface area contributed by atoms with Gasteiger partial charge in [0.25, 0.3) is 0 Å². The fraction of sp³-hybridized carbons (Fsp3) is 0.467. The van der Waals surface area contributed by atoms with Gasteiger partial charge in [0.2, 0.25) is 11.7 Å². The van der Waals surface area contributed by atoms with E-state index in [1.165, 1.54) is 12.1 Å². The Morgan fingerprint density at radius 1 is 1.25 bits per heavy atom. The second kappa shape index (κ2) is 5.71. The van der Waals surface area contributed by atoms with Crippen LogP contribution < -0.4 is 5.73 Å². The van der Waals surface area contributed by atoms with Gasteiger partial charge < -0.3 is 10.3 Å². The predicted octanol–water partition coefficient (Wildman–Crippen LogP) is 3.35. The van der Waals surface area contributed by atoms with Crippen molar-refractivity contribution < 1.29 is 8.91 Å². The molecular formula is C15H20FN3O. The van der Waals surface area contributed by atoms with Gasteiger partial charge in [-0.1, -0.05) is 25.9 Å². The summed E-state index contributed by atoms with van der Waals surface area (Å²) in [5.41, 5.74) is 6.67. The molecule has 0 saturated heterocycles. The third-order valence-corrected chi connectivity index (χ3v) is 3.04. The number of hydrogen-bond acceptors (Lipinski definition) is 4. The Bertz CT molecular complexity index is 557. The molecule has 5 heteroatoms. The summed E-state index contributed by atoms with van der Waals surface area (Å²) in [5, 5.41) is 3.95. The maximum absolute atomic E-state index is 12.9. The van der Waals surface area contributed by atoms with E-state index in [2.05, 4.69) is 30.9 Å². The summed E-state index contributed by atoms with van der Waals surface area (Å²) >= 11 is 0. The first-order valence-electron chi connectivity index (χ1n) is 6.68. The molecule has 4 nitrogen and oxygen atoms in total. The van der Waals surface area contributed by atoms with Gasteiger partial charge in [-0.05, 0) is 36.1 Å². The Balaban J connectivity index is 2.21. The lowest BCUT2D eigenvalue weighted by molar-refractivity contribution is 0.287. The van der Waals surface area contributed by atoms with Crippen molar-refractivity contribution in [2.45, 2.75) is 33.1 Å². The quantitative estimate of drug-likeness (QED) is 0.930. The van der Waals surface area contributed by atoms with E-state index < -0.39 is 0 Å².